The predicted molar refractivity (Wildman–Crippen MR) is 101 cm³/mol. The van der Waals surface area contributed by atoms with E-state index in [0.717, 1.165) is 12.0 Å². The van der Waals surface area contributed by atoms with Gasteiger partial charge in [-0.2, -0.15) is 0 Å². The van der Waals surface area contributed by atoms with Gasteiger partial charge in [0.05, 0.1) is 25.8 Å². The summed E-state index contributed by atoms with van der Waals surface area (Å²) < 4.78 is 10.6. The number of methoxy groups -OCH3 is 2. The molecule has 4 nitrogen and oxygen atoms in total. The first-order valence-corrected chi connectivity index (χ1v) is 8.63. The number of ether oxygens (including phenoxy) is 2. The summed E-state index contributed by atoms with van der Waals surface area (Å²) in [7, 11) is 3.09. The van der Waals surface area contributed by atoms with Gasteiger partial charge >= 0.3 is 0 Å². The number of para-hydroxylation sites is 1. The van der Waals surface area contributed by atoms with Crippen LogP contribution in [0.15, 0.2) is 42.5 Å². The standard InChI is InChI=1S/C21H27NO3/c1-6-14(2)16-10-12-17(13-11-16)15(3)22-21(23)18-8-7-9-19(24-4)20(18)25-5/h7-15H,6H2,1-5H3,(H,22,23)/t14-,15+/m0/s1. The number of hydrogen-bond donors (Lipinski definition) is 1. The SMILES string of the molecule is CC[C@H](C)c1ccc([C@@H](C)NC(=O)c2cccc(OC)c2OC)cc1. The van der Waals surface area contributed by atoms with Gasteiger partial charge in [0.1, 0.15) is 0 Å². The molecule has 1 N–H and O–H groups in total. The van der Waals surface area contributed by atoms with Crippen LogP contribution in [0.3, 0.4) is 0 Å². The Balaban J connectivity index is 2.15. The van der Waals surface area contributed by atoms with Gasteiger partial charge in [0, 0.05) is 0 Å². The Hall–Kier alpha value is -2.49. The van der Waals surface area contributed by atoms with Crippen molar-refractivity contribution in [3.8, 4) is 11.5 Å². The topological polar surface area (TPSA) is 47.6 Å². The largest absolute Gasteiger partial charge is 0.493 e. The van der Waals surface area contributed by atoms with E-state index in [0.29, 0.717) is 23.0 Å². The highest BCUT2D eigenvalue weighted by Crippen LogP contribution is 2.31. The summed E-state index contributed by atoms with van der Waals surface area (Å²) in [5, 5.41) is 3.03. The normalized spacial score (nSPS) is 13.0. The van der Waals surface area contributed by atoms with Crippen molar-refractivity contribution in [3.05, 3.63) is 59.2 Å². The molecular formula is C21H27NO3. The van der Waals surface area contributed by atoms with Crippen molar-refractivity contribution >= 4 is 5.91 Å². The Bertz CT molecular complexity index is 710. The van der Waals surface area contributed by atoms with Gasteiger partial charge in [0.25, 0.3) is 5.91 Å². The molecule has 0 unspecified atom stereocenters. The van der Waals surface area contributed by atoms with Crippen LogP contribution in [-0.4, -0.2) is 20.1 Å². The van der Waals surface area contributed by atoms with E-state index in [2.05, 4.69) is 43.4 Å². The summed E-state index contributed by atoms with van der Waals surface area (Å²) in [6.45, 7) is 6.38. The minimum absolute atomic E-state index is 0.102. The summed E-state index contributed by atoms with van der Waals surface area (Å²) in [6.07, 6.45) is 1.11. The lowest BCUT2D eigenvalue weighted by Gasteiger charge is -2.18. The molecule has 0 aromatic heterocycles. The minimum atomic E-state index is -0.186. The van der Waals surface area contributed by atoms with Gasteiger partial charge in [-0.3, -0.25) is 4.79 Å². The van der Waals surface area contributed by atoms with E-state index in [1.165, 1.54) is 12.7 Å². The van der Waals surface area contributed by atoms with Crippen LogP contribution >= 0.6 is 0 Å². The van der Waals surface area contributed by atoms with Crippen LogP contribution in [0.1, 0.15) is 60.6 Å². The fraction of sp³-hybridized carbons (Fsp3) is 0.381. The predicted octanol–water partition coefficient (Wildman–Crippen LogP) is 4.71. The molecule has 0 heterocycles. The molecule has 0 spiro atoms. The monoisotopic (exact) mass is 341 g/mol. The van der Waals surface area contributed by atoms with E-state index < -0.39 is 0 Å². The molecule has 2 rings (SSSR count). The van der Waals surface area contributed by atoms with Gasteiger partial charge in [0.2, 0.25) is 0 Å². The van der Waals surface area contributed by atoms with Crippen molar-refractivity contribution in [2.45, 2.75) is 39.2 Å². The number of carbonyl (C=O) groups is 1. The Morgan fingerprint density at radius 2 is 1.64 bits per heavy atom. The van der Waals surface area contributed by atoms with Crippen LogP contribution in [0.25, 0.3) is 0 Å². The average Bonchev–Trinajstić information content (AvgIpc) is 2.66. The molecule has 0 saturated carbocycles. The van der Waals surface area contributed by atoms with Crippen molar-refractivity contribution in [1.29, 1.82) is 0 Å². The molecule has 0 saturated heterocycles. The summed E-state index contributed by atoms with van der Waals surface area (Å²) >= 11 is 0. The summed E-state index contributed by atoms with van der Waals surface area (Å²) in [6, 6.07) is 13.6. The molecule has 0 aliphatic rings. The quantitative estimate of drug-likeness (QED) is 0.793. The highest BCUT2D eigenvalue weighted by molar-refractivity contribution is 5.98. The van der Waals surface area contributed by atoms with E-state index in [1.807, 2.05) is 6.92 Å². The maximum Gasteiger partial charge on any atom is 0.255 e. The maximum atomic E-state index is 12.7. The molecule has 2 aromatic carbocycles. The van der Waals surface area contributed by atoms with Crippen molar-refractivity contribution in [3.63, 3.8) is 0 Å². The average molecular weight is 341 g/mol. The lowest BCUT2D eigenvalue weighted by molar-refractivity contribution is 0.0936. The molecule has 4 heteroatoms. The number of nitrogens with one attached hydrogen (secondary N) is 1. The van der Waals surface area contributed by atoms with Crippen molar-refractivity contribution < 1.29 is 14.3 Å². The summed E-state index contributed by atoms with van der Waals surface area (Å²) in [5.41, 5.74) is 2.85. The Kier molecular flexibility index (Phi) is 6.45. The lowest BCUT2D eigenvalue weighted by Crippen LogP contribution is -2.27. The second-order valence-corrected chi connectivity index (χ2v) is 6.21. The van der Waals surface area contributed by atoms with Gasteiger partial charge in [-0.1, -0.05) is 44.2 Å². The zero-order chi connectivity index (χ0) is 18.4. The van der Waals surface area contributed by atoms with Gasteiger partial charge < -0.3 is 14.8 Å². The molecule has 0 bridgehead atoms. The molecule has 2 aromatic rings. The van der Waals surface area contributed by atoms with Gasteiger partial charge in [-0.05, 0) is 42.5 Å². The van der Waals surface area contributed by atoms with Gasteiger partial charge in [0.15, 0.2) is 11.5 Å². The third-order valence-electron chi connectivity index (χ3n) is 4.61. The van der Waals surface area contributed by atoms with E-state index in [1.54, 1.807) is 25.3 Å². The maximum absolute atomic E-state index is 12.7. The molecule has 1 amide bonds. The Labute approximate surface area is 150 Å². The lowest BCUT2D eigenvalue weighted by atomic mass is 9.96. The van der Waals surface area contributed by atoms with E-state index in [9.17, 15) is 4.79 Å². The Morgan fingerprint density at radius 3 is 2.20 bits per heavy atom. The number of rotatable bonds is 7. The highest BCUT2D eigenvalue weighted by Gasteiger charge is 2.18. The fourth-order valence-electron chi connectivity index (χ4n) is 2.77. The van der Waals surface area contributed by atoms with Crippen molar-refractivity contribution in [1.82, 2.24) is 5.32 Å². The molecule has 134 valence electrons. The summed E-state index contributed by atoms with van der Waals surface area (Å²) in [5.74, 6) is 1.34. The third kappa shape index (κ3) is 4.32. The molecule has 2 atom stereocenters. The van der Waals surface area contributed by atoms with Crippen LogP contribution in [0.4, 0.5) is 0 Å². The molecule has 0 radical (unpaired) electrons. The number of carbonyl (C=O) groups excluding carboxylic acids is 1. The molecule has 0 fully saturated rings. The van der Waals surface area contributed by atoms with Crippen LogP contribution in [0.5, 0.6) is 11.5 Å². The summed E-state index contributed by atoms with van der Waals surface area (Å²) in [4.78, 5) is 12.7. The molecule has 0 aliphatic carbocycles. The zero-order valence-electron chi connectivity index (χ0n) is 15.6. The second kappa shape index (κ2) is 8.56. The molecule has 0 aliphatic heterocycles. The zero-order valence-corrected chi connectivity index (χ0v) is 15.6. The smallest absolute Gasteiger partial charge is 0.255 e. The molecule has 25 heavy (non-hydrogen) atoms. The van der Waals surface area contributed by atoms with Gasteiger partial charge in [-0.25, -0.2) is 0 Å². The van der Waals surface area contributed by atoms with Crippen LogP contribution in [0, 0.1) is 0 Å². The van der Waals surface area contributed by atoms with E-state index in [-0.39, 0.29) is 11.9 Å². The second-order valence-electron chi connectivity index (χ2n) is 6.21. The van der Waals surface area contributed by atoms with Crippen molar-refractivity contribution in [2.75, 3.05) is 14.2 Å². The van der Waals surface area contributed by atoms with E-state index in [4.69, 9.17) is 9.47 Å². The highest BCUT2D eigenvalue weighted by atomic mass is 16.5. The first-order chi connectivity index (χ1) is 12.0. The molecular weight excluding hydrogens is 314 g/mol. The Morgan fingerprint density at radius 1 is 1.00 bits per heavy atom. The van der Waals surface area contributed by atoms with E-state index >= 15 is 0 Å². The van der Waals surface area contributed by atoms with Crippen LogP contribution in [0.2, 0.25) is 0 Å². The van der Waals surface area contributed by atoms with Gasteiger partial charge in [-0.15, -0.1) is 0 Å². The number of amides is 1. The van der Waals surface area contributed by atoms with Crippen LogP contribution in [-0.2, 0) is 0 Å². The van der Waals surface area contributed by atoms with Crippen LogP contribution < -0.4 is 14.8 Å². The number of benzene rings is 2. The first-order valence-electron chi connectivity index (χ1n) is 8.63. The third-order valence-corrected chi connectivity index (χ3v) is 4.61. The first kappa shape index (κ1) is 18.8. The minimum Gasteiger partial charge on any atom is -0.493 e. The number of hydrogen-bond acceptors (Lipinski definition) is 3. The fourth-order valence-corrected chi connectivity index (χ4v) is 2.77. The van der Waals surface area contributed by atoms with Crippen molar-refractivity contribution in [2.24, 2.45) is 0 Å².